The smallest absolute Gasteiger partial charge is 0.136 e. The zero-order valence-electron chi connectivity index (χ0n) is 13.8. The van der Waals surface area contributed by atoms with Crippen molar-refractivity contribution in [2.75, 3.05) is 0 Å². The maximum absolute atomic E-state index is 5.94. The standard InChI is InChI=1S/C22H19NO/c1-5-9-17(6-2)15(3)23-16(4)18-12-13-20-19-10-7-8-11-21(19)24-22(20)14-18/h5-14H,1-3H2,4H3/b17-9+,23-16+. The molecule has 0 radical (unpaired) electrons. The average molecular weight is 313 g/mol. The van der Waals surface area contributed by atoms with Gasteiger partial charge in [0.05, 0.1) is 5.70 Å². The first-order chi connectivity index (χ1) is 11.6. The highest BCUT2D eigenvalue weighted by Gasteiger charge is 2.08. The Morgan fingerprint density at radius 1 is 1.04 bits per heavy atom. The maximum atomic E-state index is 5.94. The number of allylic oxidation sites excluding steroid dienone is 3. The van der Waals surface area contributed by atoms with Gasteiger partial charge in [-0.1, -0.05) is 62.2 Å². The van der Waals surface area contributed by atoms with E-state index in [2.05, 4.69) is 42.9 Å². The highest BCUT2D eigenvalue weighted by Crippen LogP contribution is 2.29. The van der Waals surface area contributed by atoms with Crippen LogP contribution in [0.3, 0.4) is 0 Å². The summed E-state index contributed by atoms with van der Waals surface area (Å²) in [5, 5.41) is 2.24. The van der Waals surface area contributed by atoms with Gasteiger partial charge in [-0.15, -0.1) is 0 Å². The fourth-order valence-electron chi connectivity index (χ4n) is 2.69. The van der Waals surface area contributed by atoms with Crippen molar-refractivity contribution in [1.29, 1.82) is 0 Å². The van der Waals surface area contributed by atoms with Gasteiger partial charge in [-0.25, -0.2) is 0 Å². The summed E-state index contributed by atoms with van der Waals surface area (Å²) in [6.07, 6.45) is 5.27. The molecule has 0 unspecified atom stereocenters. The number of benzene rings is 2. The highest BCUT2D eigenvalue weighted by molar-refractivity contribution is 6.08. The number of aliphatic imine (C=N–C) groups is 1. The van der Waals surface area contributed by atoms with Gasteiger partial charge in [0.15, 0.2) is 0 Å². The molecule has 0 aliphatic rings. The average Bonchev–Trinajstić information content (AvgIpc) is 2.97. The minimum Gasteiger partial charge on any atom is -0.456 e. The van der Waals surface area contributed by atoms with Crippen molar-refractivity contribution in [3.8, 4) is 0 Å². The molecule has 0 spiro atoms. The van der Waals surface area contributed by atoms with Gasteiger partial charge in [0.25, 0.3) is 0 Å². The van der Waals surface area contributed by atoms with E-state index in [0.717, 1.165) is 38.8 Å². The van der Waals surface area contributed by atoms with Crippen LogP contribution in [0.4, 0.5) is 0 Å². The Morgan fingerprint density at radius 3 is 2.54 bits per heavy atom. The van der Waals surface area contributed by atoms with Crippen LogP contribution in [0.1, 0.15) is 12.5 Å². The van der Waals surface area contributed by atoms with Gasteiger partial charge in [0, 0.05) is 16.5 Å². The lowest BCUT2D eigenvalue weighted by Crippen LogP contribution is -1.96. The largest absolute Gasteiger partial charge is 0.456 e. The maximum Gasteiger partial charge on any atom is 0.136 e. The van der Waals surface area contributed by atoms with Gasteiger partial charge in [-0.05, 0) is 36.3 Å². The number of fused-ring (bicyclic) bond motifs is 3. The van der Waals surface area contributed by atoms with Gasteiger partial charge in [0.1, 0.15) is 11.2 Å². The van der Waals surface area contributed by atoms with Crippen molar-refractivity contribution < 1.29 is 4.42 Å². The van der Waals surface area contributed by atoms with Gasteiger partial charge >= 0.3 is 0 Å². The fraction of sp³-hybridized carbons (Fsp3) is 0.0455. The summed E-state index contributed by atoms with van der Waals surface area (Å²) < 4.78 is 5.94. The van der Waals surface area contributed by atoms with E-state index in [-0.39, 0.29) is 0 Å². The lowest BCUT2D eigenvalue weighted by atomic mass is 10.1. The second kappa shape index (κ2) is 6.55. The summed E-state index contributed by atoms with van der Waals surface area (Å²) in [4.78, 5) is 4.59. The number of furan rings is 1. The van der Waals surface area contributed by atoms with Gasteiger partial charge in [-0.2, -0.15) is 0 Å². The molecule has 0 bridgehead atoms. The molecule has 0 saturated carbocycles. The third-order valence-corrected chi connectivity index (χ3v) is 3.95. The first-order valence-electron chi connectivity index (χ1n) is 7.75. The van der Waals surface area contributed by atoms with Crippen molar-refractivity contribution in [2.24, 2.45) is 4.99 Å². The monoisotopic (exact) mass is 313 g/mol. The molecule has 1 aromatic heterocycles. The van der Waals surface area contributed by atoms with E-state index in [9.17, 15) is 0 Å². The third kappa shape index (κ3) is 2.86. The molecule has 2 aromatic carbocycles. The molecular weight excluding hydrogens is 294 g/mol. The van der Waals surface area contributed by atoms with Crippen molar-refractivity contribution in [2.45, 2.75) is 6.92 Å². The van der Waals surface area contributed by atoms with Crippen LogP contribution in [-0.2, 0) is 0 Å². The van der Waals surface area contributed by atoms with Crippen molar-refractivity contribution in [3.05, 3.63) is 97.3 Å². The summed E-state index contributed by atoms with van der Waals surface area (Å²) in [7, 11) is 0. The van der Waals surface area contributed by atoms with E-state index in [0.29, 0.717) is 5.70 Å². The molecular formula is C22H19NO. The molecule has 0 saturated heterocycles. The molecule has 0 aliphatic heterocycles. The van der Waals surface area contributed by atoms with Crippen LogP contribution in [0, 0.1) is 0 Å². The Kier molecular flexibility index (Phi) is 4.30. The molecule has 24 heavy (non-hydrogen) atoms. The number of hydrogen-bond acceptors (Lipinski definition) is 2. The Labute approximate surface area is 141 Å². The molecule has 0 amide bonds. The lowest BCUT2D eigenvalue weighted by molar-refractivity contribution is 0.669. The van der Waals surface area contributed by atoms with Crippen LogP contribution >= 0.6 is 0 Å². The molecule has 118 valence electrons. The number of hydrogen-bond donors (Lipinski definition) is 0. The van der Waals surface area contributed by atoms with Crippen LogP contribution in [0.15, 0.2) is 101 Å². The second-order valence-electron chi connectivity index (χ2n) is 5.51. The molecule has 3 rings (SSSR count). The molecule has 0 atom stereocenters. The predicted octanol–water partition coefficient (Wildman–Crippen LogP) is 6.21. The summed E-state index contributed by atoms with van der Waals surface area (Å²) in [6.45, 7) is 13.5. The van der Waals surface area contributed by atoms with Gasteiger partial charge < -0.3 is 4.42 Å². The second-order valence-corrected chi connectivity index (χ2v) is 5.51. The summed E-state index contributed by atoms with van der Waals surface area (Å²) in [5.41, 5.74) is 5.15. The number of rotatable bonds is 5. The Balaban J connectivity index is 2.02. The van der Waals surface area contributed by atoms with Crippen LogP contribution in [0.2, 0.25) is 0 Å². The van der Waals surface area contributed by atoms with Crippen molar-refractivity contribution in [3.63, 3.8) is 0 Å². The molecule has 0 aliphatic carbocycles. The summed E-state index contributed by atoms with van der Waals surface area (Å²) in [6, 6.07) is 14.2. The van der Waals surface area contributed by atoms with E-state index in [1.54, 1.807) is 12.2 Å². The molecule has 3 aromatic rings. The van der Waals surface area contributed by atoms with Crippen LogP contribution in [-0.4, -0.2) is 5.71 Å². The van der Waals surface area contributed by atoms with Crippen LogP contribution in [0.25, 0.3) is 21.9 Å². The Morgan fingerprint density at radius 2 is 1.79 bits per heavy atom. The SMILES string of the molecule is C=C/C=C(\C=C)C(=C)/N=C(\C)c1ccc2c(c1)oc1ccccc12. The van der Waals surface area contributed by atoms with E-state index in [1.165, 1.54) is 0 Å². The zero-order chi connectivity index (χ0) is 17.1. The fourth-order valence-corrected chi connectivity index (χ4v) is 2.69. The van der Waals surface area contributed by atoms with Crippen LogP contribution in [0.5, 0.6) is 0 Å². The molecule has 0 N–H and O–H groups in total. The zero-order valence-corrected chi connectivity index (χ0v) is 13.8. The van der Waals surface area contributed by atoms with E-state index >= 15 is 0 Å². The van der Waals surface area contributed by atoms with Crippen molar-refractivity contribution >= 4 is 27.7 Å². The topological polar surface area (TPSA) is 25.5 Å². The molecule has 1 heterocycles. The molecule has 2 nitrogen and oxygen atoms in total. The van der Waals surface area contributed by atoms with Gasteiger partial charge in [0.2, 0.25) is 0 Å². The Bertz CT molecular complexity index is 1010. The summed E-state index contributed by atoms with van der Waals surface area (Å²) in [5.74, 6) is 0. The predicted molar refractivity (Wildman–Crippen MR) is 104 cm³/mol. The Hall–Kier alpha value is -3.13. The first kappa shape index (κ1) is 15.8. The summed E-state index contributed by atoms with van der Waals surface area (Å²) >= 11 is 0. The molecule has 0 fully saturated rings. The highest BCUT2D eigenvalue weighted by atomic mass is 16.3. The quantitative estimate of drug-likeness (QED) is 0.406. The minimum absolute atomic E-state index is 0.659. The minimum atomic E-state index is 0.659. The number of para-hydroxylation sites is 1. The lowest BCUT2D eigenvalue weighted by Gasteiger charge is -2.04. The first-order valence-corrected chi connectivity index (χ1v) is 7.75. The number of nitrogens with zero attached hydrogens (tertiary/aromatic N) is 1. The van der Waals surface area contributed by atoms with E-state index < -0.39 is 0 Å². The van der Waals surface area contributed by atoms with Crippen LogP contribution < -0.4 is 0 Å². The third-order valence-electron chi connectivity index (χ3n) is 3.95. The van der Waals surface area contributed by atoms with E-state index in [4.69, 9.17) is 4.42 Å². The van der Waals surface area contributed by atoms with Gasteiger partial charge in [-0.3, -0.25) is 4.99 Å². The van der Waals surface area contributed by atoms with Crippen molar-refractivity contribution in [1.82, 2.24) is 0 Å². The van der Waals surface area contributed by atoms with E-state index in [1.807, 2.05) is 37.3 Å². The normalized spacial score (nSPS) is 12.5. The molecule has 2 heteroatoms.